The number of piperidine rings is 1. The van der Waals surface area contributed by atoms with Crippen molar-refractivity contribution in [2.75, 3.05) is 19.7 Å². The van der Waals surface area contributed by atoms with E-state index in [1.54, 1.807) is 4.90 Å². The molecule has 2 amide bonds. The number of amides is 2. The summed E-state index contributed by atoms with van der Waals surface area (Å²) >= 11 is 0. The highest BCUT2D eigenvalue weighted by atomic mass is 16.3. The monoisotopic (exact) mass is 268 g/mol. The van der Waals surface area contributed by atoms with E-state index in [-0.39, 0.29) is 36.3 Å². The van der Waals surface area contributed by atoms with Crippen LogP contribution in [0.15, 0.2) is 12.7 Å². The van der Waals surface area contributed by atoms with Crippen molar-refractivity contribution in [3.05, 3.63) is 12.7 Å². The highest BCUT2D eigenvalue weighted by Crippen LogP contribution is 2.18. The molecule has 0 bridgehead atoms. The molecule has 0 aliphatic carbocycles. The van der Waals surface area contributed by atoms with E-state index in [1.807, 2.05) is 13.8 Å². The van der Waals surface area contributed by atoms with E-state index >= 15 is 0 Å². The normalized spacial score (nSPS) is 18.2. The van der Waals surface area contributed by atoms with Crippen LogP contribution in [-0.4, -0.2) is 47.6 Å². The highest BCUT2D eigenvalue weighted by molar-refractivity contribution is 5.87. The van der Waals surface area contributed by atoms with Crippen LogP contribution in [0.3, 0.4) is 0 Å². The molecule has 1 atom stereocenters. The number of nitrogens with zero attached hydrogens (tertiary/aromatic N) is 1. The zero-order valence-electron chi connectivity index (χ0n) is 11.8. The number of likely N-dealkylation sites (tertiary alicyclic amines) is 1. The number of carbonyl (C=O) groups is 2. The van der Waals surface area contributed by atoms with Crippen LogP contribution >= 0.6 is 0 Å². The number of rotatable bonds is 5. The molecule has 2 N–H and O–H groups in total. The number of hydrogen-bond acceptors (Lipinski definition) is 3. The van der Waals surface area contributed by atoms with Gasteiger partial charge in [0.2, 0.25) is 11.8 Å². The molecule has 1 aliphatic heterocycles. The van der Waals surface area contributed by atoms with Gasteiger partial charge in [-0.05, 0) is 24.8 Å². The fourth-order valence-electron chi connectivity index (χ4n) is 2.21. The summed E-state index contributed by atoms with van der Waals surface area (Å²) in [4.78, 5) is 25.2. The summed E-state index contributed by atoms with van der Waals surface area (Å²) in [7, 11) is 0. The lowest BCUT2D eigenvalue weighted by molar-refractivity contribution is -0.132. The van der Waals surface area contributed by atoms with Crippen LogP contribution in [0.5, 0.6) is 0 Å². The van der Waals surface area contributed by atoms with Gasteiger partial charge in [-0.2, -0.15) is 0 Å². The van der Waals surface area contributed by atoms with E-state index in [2.05, 4.69) is 11.9 Å². The Morgan fingerprint density at radius 3 is 2.42 bits per heavy atom. The van der Waals surface area contributed by atoms with Crippen LogP contribution in [0.4, 0.5) is 0 Å². The molecule has 0 spiro atoms. The maximum Gasteiger partial charge on any atom is 0.245 e. The summed E-state index contributed by atoms with van der Waals surface area (Å²) < 4.78 is 0. The molecule has 108 valence electrons. The molecule has 1 rings (SSSR count). The minimum absolute atomic E-state index is 0.0153. The van der Waals surface area contributed by atoms with Gasteiger partial charge in [-0.15, -0.1) is 0 Å². The fraction of sp³-hybridized carbons (Fsp3) is 0.714. The Morgan fingerprint density at radius 1 is 1.42 bits per heavy atom. The molecule has 1 fully saturated rings. The molecular formula is C14H24N2O3. The summed E-state index contributed by atoms with van der Waals surface area (Å²) in [6.45, 7) is 8.53. The SMILES string of the molecule is C=CC(=O)N1CCC(C(=O)N[C@@H](CO)C(C)C)CC1. The molecule has 1 heterocycles. The number of aliphatic hydroxyl groups excluding tert-OH is 1. The van der Waals surface area contributed by atoms with Crippen LogP contribution in [-0.2, 0) is 9.59 Å². The zero-order valence-corrected chi connectivity index (χ0v) is 11.8. The molecule has 0 aromatic rings. The lowest BCUT2D eigenvalue weighted by atomic mass is 9.94. The maximum atomic E-state index is 12.1. The van der Waals surface area contributed by atoms with E-state index < -0.39 is 0 Å². The summed E-state index contributed by atoms with van der Waals surface area (Å²) in [5, 5.41) is 12.1. The van der Waals surface area contributed by atoms with Crippen molar-refractivity contribution in [3.8, 4) is 0 Å². The second-order valence-corrected chi connectivity index (χ2v) is 5.35. The number of aliphatic hydroxyl groups is 1. The summed E-state index contributed by atoms with van der Waals surface area (Å²) in [5.41, 5.74) is 0. The second-order valence-electron chi connectivity index (χ2n) is 5.35. The Hall–Kier alpha value is -1.36. The lowest BCUT2D eigenvalue weighted by Gasteiger charge is -2.32. The van der Waals surface area contributed by atoms with Crippen LogP contribution < -0.4 is 5.32 Å². The van der Waals surface area contributed by atoms with E-state index in [4.69, 9.17) is 0 Å². The van der Waals surface area contributed by atoms with Crippen LogP contribution in [0.1, 0.15) is 26.7 Å². The first-order valence-corrected chi connectivity index (χ1v) is 6.82. The fourth-order valence-corrected chi connectivity index (χ4v) is 2.21. The van der Waals surface area contributed by atoms with Crippen molar-refractivity contribution in [2.45, 2.75) is 32.7 Å². The molecule has 19 heavy (non-hydrogen) atoms. The Bertz CT molecular complexity index is 334. The smallest absolute Gasteiger partial charge is 0.245 e. The van der Waals surface area contributed by atoms with Gasteiger partial charge < -0.3 is 15.3 Å². The molecular weight excluding hydrogens is 244 g/mol. The Balaban J connectivity index is 2.44. The molecule has 5 nitrogen and oxygen atoms in total. The van der Waals surface area contributed by atoms with Crippen molar-refractivity contribution < 1.29 is 14.7 Å². The topological polar surface area (TPSA) is 69.6 Å². The first kappa shape index (κ1) is 15.7. The predicted molar refractivity (Wildman–Crippen MR) is 73.4 cm³/mol. The quantitative estimate of drug-likeness (QED) is 0.715. The molecule has 0 unspecified atom stereocenters. The summed E-state index contributed by atoms with van der Waals surface area (Å²) in [5.74, 6) is 0.0470. The van der Waals surface area contributed by atoms with E-state index in [9.17, 15) is 14.7 Å². The van der Waals surface area contributed by atoms with Gasteiger partial charge in [-0.3, -0.25) is 9.59 Å². The largest absolute Gasteiger partial charge is 0.394 e. The average molecular weight is 268 g/mol. The van der Waals surface area contributed by atoms with Crippen LogP contribution in [0, 0.1) is 11.8 Å². The minimum Gasteiger partial charge on any atom is -0.394 e. The van der Waals surface area contributed by atoms with Gasteiger partial charge in [-0.1, -0.05) is 20.4 Å². The number of hydrogen-bond donors (Lipinski definition) is 2. The molecule has 1 aliphatic rings. The molecule has 0 saturated carbocycles. The third kappa shape index (κ3) is 4.35. The first-order valence-electron chi connectivity index (χ1n) is 6.82. The lowest BCUT2D eigenvalue weighted by Crippen LogP contribution is -2.47. The third-order valence-corrected chi connectivity index (χ3v) is 3.68. The Labute approximate surface area is 114 Å². The van der Waals surface area contributed by atoms with Gasteiger partial charge >= 0.3 is 0 Å². The van der Waals surface area contributed by atoms with Gasteiger partial charge in [0.25, 0.3) is 0 Å². The maximum absolute atomic E-state index is 12.1. The zero-order chi connectivity index (χ0) is 14.4. The van der Waals surface area contributed by atoms with E-state index in [1.165, 1.54) is 6.08 Å². The minimum atomic E-state index is -0.194. The van der Waals surface area contributed by atoms with Gasteiger partial charge in [0.05, 0.1) is 12.6 Å². The van der Waals surface area contributed by atoms with Crippen LogP contribution in [0.2, 0.25) is 0 Å². The molecule has 0 aromatic carbocycles. The van der Waals surface area contributed by atoms with Crippen molar-refractivity contribution >= 4 is 11.8 Å². The van der Waals surface area contributed by atoms with Gasteiger partial charge in [0, 0.05) is 19.0 Å². The standard InChI is InChI=1S/C14H24N2O3/c1-4-13(18)16-7-5-11(6-8-16)14(19)15-12(9-17)10(2)3/h4,10-12,17H,1,5-9H2,2-3H3,(H,15,19)/t12-/m0/s1. The molecule has 1 saturated heterocycles. The van der Waals surface area contributed by atoms with Crippen LogP contribution in [0.25, 0.3) is 0 Å². The predicted octanol–water partition coefficient (Wildman–Crippen LogP) is 0.544. The van der Waals surface area contributed by atoms with Crippen molar-refractivity contribution in [1.29, 1.82) is 0 Å². The number of carbonyl (C=O) groups excluding carboxylic acids is 2. The summed E-state index contributed by atoms with van der Waals surface area (Å²) in [6.07, 6.45) is 2.64. The van der Waals surface area contributed by atoms with Gasteiger partial charge in [-0.25, -0.2) is 0 Å². The highest BCUT2D eigenvalue weighted by Gasteiger charge is 2.28. The summed E-state index contributed by atoms with van der Waals surface area (Å²) in [6, 6.07) is -0.194. The first-order chi connectivity index (χ1) is 8.99. The average Bonchev–Trinajstić information content (AvgIpc) is 2.43. The molecule has 0 aromatic heterocycles. The van der Waals surface area contributed by atoms with Crippen molar-refractivity contribution in [2.24, 2.45) is 11.8 Å². The van der Waals surface area contributed by atoms with Crippen molar-refractivity contribution in [1.82, 2.24) is 10.2 Å². The van der Waals surface area contributed by atoms with Gasteiger partial charge in [0.1, 0.15) is 0 Å². The molecule has 0 radical (unpaired) electrons. The second kappa shape index (κ2) is 7.28. The van der Waals surface area contributed by atoms with Gasteiger partial charge in [0.15, 0.2) is 0 Å². The number of nitrogens with one attached hydrogen (secondary N) is 1. The Kier molecular flexibility index (Phi) is 6.02. The molecule has 5 heteroatoms. The van der Waals surface area contributed by atoms with E-state index in [0.29, 0.717) is 25.9 Å². The van der Waals surface area contributed by atoms with E-state index in [0.717, 1.165) is 0 Å². The Morgan fingerprint density at radius 2 is 2.00 bits per heavy atom. The third-order valence-electron chi connectivity index (χ3n) is 3.68. The van der Waals surface area contributed by atoms with Crippen molar-refractivity contribution in [3.63, 3.8) is 0 Å².